The van der Waals surface area contributed by atoms with E-state index < -0.39 is 5.60 Å². The number of para-hydroxylation sites is 1. The summed E-state index contributed by atoms with van der Waals surface area (Å²) in [6.07, 6.45) is 0. The Morgan fingerprint density at radius 3 is 2.35 bits per heavy atom. The lowest BCUT2D eigenvalue weighted by molar-refractivity contribution is 0.0178. The lowest BCUT2D eigenvalue weighted by Gasteiger charge is -2.37. The Hall–Kier alpha value is -1.59. The molecule has 0 aromatic heterocycles. The summed E-state index contributed by atoms with van der Waals surface area (Å²) in [7, 11) is 0. The SMILES string of the molecule is CC(C)(O)CN1CCN(C(=O)c2ccccc2O)CC1. The van der Waals surface area contributed by atoms with Crippen LogP contribution in [0.25, 0.3) is 0 Å². The van der Waals surface area contributed by atoms with Crippen molar-refractivity contribution in [3.8, 4) is 5.75 Å². The predicted molar refractivity (Wildman–Crippen MR) is 76.7 cm³/mol. The molecule has 0 aliphatic carbocycles. The van der Waals surface area contributed by atoms with E-state index in [1.807, 2.05) is 0 Å². The molecule has 20 heavy (non-hydrogen) atoms. The number of aliphatic hydroxyl groups is 1. The van der Waals surface area contributed by atoms with Crippen LogP contribution in [0.5, 0.6) is 5.75 Å². The summed E-state index contributed by atoms with van der Waals surface area (Å²) in [5.74, 6) is -0.109. The maximum Gasteiger partial charge on any atom is 0.257 e. The van der Waals surface area contributed by atoms with Gasteiger partial charge in [0, 0.05) is 32.7 Å². The number of aromatic hydroxyl groups is 1. The van der Waals surface area contributed by atoms with E-state index in [4.69, 9.17) is 0 Å². The molecule has 1 heterocycles. The van der Waals surface area contributed by atoms with E-state index in [9.17, 15) is 15.0 Å². The van der Waals surface area contributed by atoms with Crippen LogP contribution in [0, 0.1) is 0 Å². The van der Waals surface area contributed by atoms with Gasteiger partial charge < -0.3 is 15.1 Å². The van der Waals surface area contributed by atoms with Crippen molar-refractivity contribution in [1.29, 1.82) is 0 Å². The molecule has 1 aliphatic heterocycles. The van der Waals surface area contributed by atoms with E-state index in [1.165, 1.54) is 6.07 Å². The summed E-state index contributed by atoms with van der Waals surface area (Å²) < 4.78 is 0. The molecule has 1 fully saturated rings. The van der Waals surface area contributed by atoms with Crippen molar-refractivity contribution in [1.82, 2.24) is 9.80 Å². The first-order valence-corrected chi connectivity index (χ1v) is 6.89. The molecule has 2 N–H and O–H groups in total. The number of hydrogen-bond donors (Lipinski definition) is 2. The van der Waals surface area contributed by atoms with E-state index in [1.54, 1.807) is 36.9 Å². The number of β-amino-alcohol motifs (C(OH)–C–C–N with tert-alkyl or cyclic N) is 1. The Bertz CT molecular complexity index is 474. The largest absolute Gasteiger partial charge is 0.507 e. The zero-order valence-electron chi connectivity index (χ0n) is 12.0. The van der Waals surface area contributed by atoms with Crippen molar-refractivity contribution < 1.29 is 15.0 Å². The number of phenols is 1. The zero-order valence-corrected chi connectivity index (χ0v) is 12.0. The maximum absolute atomic E-state index is 12.3. The van der Waals surface area contributed by atoms with Gasteiger partial charge in [-0.2, -0.15) is 0 Å². The molecule has 110 valence electrons. The summed E-state index contributed by atoms with van der Waals surface area (Å²) in [6.45, 7) is 6.88. The fourth-order valence-corrected chi connectivity index (χ4v) is 2.48. The molecule has 0 bridgehead atoms. The fraction of sp³-hybridized carbons (Fsp3) is 0.533. The highest BCUT2D eigenvalue weighted by molar-refractivity contribution is 5.96. The number of piperazine rings is 1. The number of carbonyl (C=O) groups excluding carboxylic acids is 1. The van der Waals surface area contributed by atoms with Crippen LogP contribution >= 0.6 is 0 Å². The maximum atomic E-state index is 12.3. The lowest BCUT2D eigenvalue weighted by atomic mass is 10.1. The van der Waals surface area contributed by atoms with Crippen molar-refractivity contribution in [2.45, 2.75) is 19.4 Å². The van der Waals surface area contributed by atoms with E-state index in [0.717, 1.165) is 13.1 Å². The van der Waals surface area contributed by atoms with Crippen LogP contribution in [-0.4, -0.2) is 64.2 Å². The number of benzene rings is 1. The van der Waals surface area contributed by atoms with Gasteiger partial charge in [0.1, 0.15) is 5.75 Å². The Kier molecular flexibility index (Phi) is 4.30. The van der Waals surface area contributed by atoms with Crippen LogP contribution in [0.2, 0.25) is 0 Å². The smallest absolute Gasteiger partial charge is 0.257 e. The second-order valence-corrected chi connectivity index (χ2v) is 5.90. The van der Waals surface area contributed by atoms with Crippen molar-refractivity contribution in [2.75, 3.05) is 32.7 Å². The summed E-state index contributed by atoms with van der Waals surface area (Å²) >= 11 is 0. The Balaban J connectivity index is 1.94. The van der Waals surface area contributed by atoms with Crippen molar-refractivity contribution in [3.63, 3.8) is 0 Å². The summed E-state index contributed by atoms with van der Waals surface area (Å²) in [4.78, 5) is 16.2. The quantitative estimate of drug-likeness (QED) is 0.863. The minimum Gasteiger partial charge on any atom is -0.507 e. The molecule has 1 aliphatic rings. The lowest BCUT2D eigenvalue weighted by Crippen LogP contribution is -2.52. The highest BCUT2D eigenvalue weighted by Gasteiger charge is 2.26. The van der Waals surface area contributed by atoms with Crippen molar-refractivity contribution in [3.05, 3.63) is 29.8 Å². The van der Waals surface area contributed by atoms with Gasteiger partial charge in [0.2, 0.25) is 0 Å². The molecule has 5 heteroatoms. The molecular formula is C15H22N2O3. The van der Waals surface area contributed by atoms with Gasteiger partial charge in [-0.05, 0) is 26.0 Å². The van der Waals surface area contributed by atoms with Gasteiger partial charge in [0.15, 0.2) is 0 Å². The highest BCUT2D eigenvalue weighted by atomic mass is 16.3. The van der Waals surface area contributed by atoms with Crippen LogP contribution in [0.15, 0.2) is 24.3 Å². The van der Waals surface area contributed by atoms with Gasteiger partial charge in [-0.15, -0.1) is 0 Å². The van der Waals surface area contributed by atoms with Gasteiger partial charge in [0.05, 0.1) is 11.2 Å². The summed E-state index contributed by atoms with van der Waals surface area (Å²) in [6, 6.07) is 6.61. The number of hydrogen-bond acceptors (Lipinski definition) is 4. The second-order valence-electron chi connectivity index (χ2n) is 5.90. The minimum atomic E-state index is -0.718. The molecule has 0 spiro atoms. The van der Waals surface area contributed by atoms with Gasteiger partial charge in [0.25, 0.3) is 5.91 Å². The molecule has 1 amide bonds. The first kappa shape index (κ1) is 14.8. The topological polar surface area (TPSA) is 64.0 Å². The Morgan fingerprint density at radius 1 is 1.20 bits per heavy atom. The molecule has 1 aromatic carbocycles. The van der Waals surface area contributed by atoms with E-state index in [-0.39, 0.29) is 11.7 Å². The Morgan fingerprint density at radius 2 is 1.80 bits per heavy atom. The molecule has 0 unspecified atom stereocenters. The van der Waals surface area contributed by atoms with Crippen molar-refractivity contribution in [2.24, 2.45) is 0 Å². The highest BCUT2D eigenvalue weighted by Crippen LogP contribution is 2.19. The van der Waals surface area contributed by atoms with Gasteiger partial charge in [-0.25, -0.2) is 0 Å². The van der Waals surface area contributed by atoms with Gasteiger partial charge in [-0.3, -0.25) is 9.69 Å². The molecule has 0 radical (unpaired) electrons. The summed E-state index contributed by atoms with van der Waals surface area (Å²) in [5, 5.41) is 19.5. The zero-order chi connectivity index (χ0) is 14.8. The standard InChI is InChI=1S/C15H22N2O3/c1-15(2,20)11-16-7-9-17(10-8-16)14(19)12-5-3-4-6-13(12)18/h3-6,18,20H,7-11H2,1-2H3. The van der Waals surface area contributed by atoms with Gasteiger partial charge in [-0.1, -0.05) is 12.1 Å². The van der Waals surface area contributed by atoms with Crippen LogP contribution in [0.3, 0.4) is 0 Å². The first-order valence-electron chi connectivity index (χ1n) is 6.89. The van der Waals surface area contributed by atoms with E-state index in [2.05, 4.69) is 4.90 Å². The monoisotopic (exact) mass is 278 g/mol. The van der Waals surface area contributed by atoms with Crippen LogP contribution < -0.4 is 0 Å². The molecule has 2 rings (SSSR count). The fourth-order valence-electron chi connectivity index (χ4n) is 2.48. The average Bonchev–Trinajstić information content (AvgIpc) is 2.37. The number of phenolic OH excluding ortho intramolecular Hbond substituents is 1. The molecule has 0 saturated carbocycles. The number of rotatable bonds is 3. The van der Waals surface area contributed by atoms with Crippen LogP contribution in [0.4, 0.5) is 0 Å². The van der Waals surface area contributed by atoms with E-state index >= 15 is 0 Å². The van der Waals surface area contributed by atoms with Crippen molar-refractivity contribution >= 4 is 5.91 Å². The molecular weight excluding hydrogens is 256 g/mol. The third-order valence-corrected chi connectivity index (χ3v) is 3.40. The van der Waals surface area contributed by atoms with Crippen LogP contribution in [0.1, 0.15) is 24.2 Å². The number of carbonyl (C=O) groups is 1. The first-order chi connectivity index (χ1) is 9.37. The molecule has 0 atom stereocenters. The number of nitrogens with zero attached hydrogens (tertiary/aromatic N) is 2. The second kappa shape index (κ2) is 5.81. The normalized spacial score (nSPS) is 17.2. The van der Waals surface area contributed by atoms with Crippen LogP contribution in [-0.2, 0) is 0 Å². The third kappa shape index (κ3) is 3.71. The summed E-state index contributed by atoms with van der Waals surface area (Å²) in [5.41, 5.74) is -0.368. The average molecular weight is 278 g/mol. The predicted octanol–water partition coefficient (Wildman–Crippen LogP) is 0.921. The molecule has 5 nitrogen and oxygen atoms in total. The Labute approximate surface area is 119 Å². The third-order valence-electron chi connectivity index (χ3n) is 3.40. The van der Waals surface area contributed by atoms with E-state index in [0.29, 0.717) is 25.2 Å². The molecule has 1 aromatic rings. The van der Waals surface area contributed by atoms with Gasteiger partial charge >= 0.3 is 0 Å². The molecule has 1 saturated heterocycles. The minimum absolute atomic E-state index is 0.0245. The number of amides is 1.